The number of anilines is 2. The predicted octanol–water partition coefficient (Wildman–Crippen LogP) is 2.94. The quantitative estimate of drug-likeness (QED) is 0.577. The van der Waals surface area contributed by atoms with Gasteiger partial charge < -0.3 is 25.7 Å². The minimum Gasteiger partial charge on any atom is -0.391 e. The fraction of sp³-hybridized carbons (Fsp3) is 0.304. The summed E-state index contributed by atoms with van der Waals surface area (Å²) < 4.78 is 32.7. The van der Waals surface area contributed by atoms with Gasteiger partial charge in [0.25, 0.3) is 0 Å². The number of aromatic nitrogens is 1. The monoisotopic (exact) mass is 453 g/mol. The van der Waals surface area contributed by atoms with E-state index in [9.17, 15) is 8.42 Å². The van der Waals surface area contributed by atoms with Gasteiger partial charge in [-0.05, 0) is 37.8 Å². The van der Waals surface area contributed by atoms with Crippen molar-refractivity contribution in [2.24, 2.45) is 0 Å². The van der Waals surface area contributed by atoms with Crippen molar-refractivity contribution in [2.75, 3.05) is 36.5 Å². The Hall–Kier alpha value is -3.17. The molecule has 168 valence electrons. The first-order valence-electron chi connectivity index (χ1n) is 10.6. The highest BCUT2D eigenvalue weighted by molar-refractivity contribution is 7.91. The molecule has 2 aliphatic rings. The van der Waals surface area contributed by atoms with Crippen molar-refractivity contribution in [2.45, 2.75) is 29.2 Å². The second kappa shape index (κ2) is 9.54. The van der Waals surface area contributed by atoms with Crippen molar-refractivity contribution in [3.63, 3.8) is 0 Å². The molecule has 0 unspecified atom stereocenters. The van der Waals surface area contributed by atoms with E-state index in [1.807, 2.05) is 30.2 Å². The van der Waals surface area contributed by atoms with Gasteiger partial charge in [0.15, 0.2) is 0 Å². The molecular weight excluding hydrogens is 426 g/mol. The van der Waals surface area contributed by atoms with Gasteiger partial charge in [0.05, 0.1) is 34.6 Å². The molecule has 9 heteroatoms. The lowest BCUT2D eigenvalue weighted by Crippen LogP contribution is -2.44. The Morgan fingerprint density at radius 2 is 2.12 bits per heavy atom. The first-order chi connectivity index (χ1) is 15.5. The van der Waals surface area contributed by atoms with E-state index in [2.05, 4.69) is 10.6 Å². The van der Waals surface area contributed by atoms with E-state index in [1.54, 1.807) is 36.4 Å². The summed E-state index contributed by atoms with van der Waals surface area (Å²) in [5, 5.41) is 14.4. The normalized spacial score (nSPS) is 19.0. The Balaban J connectivity index is 1.88. The second-order valence-electron chi connectivity index (χ2n) is 7.68. The number of allylic oxidation sites excluding steroid dienone is 1. The lowest BCUT2D eigenvalue weighted by Gasteiger charge is -2.35. The molecule has 2 aliphatic heterocycles. The highest BCUT2D eigenvalue weighted by atomic mass is 32.2. The third-order valence-corrected chi connectivity index (χ3v) is 7.26. The van der Waals surface area contributed by atoms with Crippen molar-refractivity contribution in [1.29, 1.82) is 5.41 Å². The van der Waals surface area contributed by atoms with Crippen LogP contribution in [0.4, 0.5) is 11.6 Å². The first kappa shape index (κ1) is 22.0. The van der Waals surface area contributed by atoms with Crippen LogP contribution in [0.5, 0.6) is 0 Å². The van der Waals surface area contributed by atoms with Crippen LogP contribution in [0.3, 0.4) is 0 Å². The largest absolute Gasteiger partial charge is 0.391 e. The Morgan fingerprint density at radius 1 is 1.31 bits per heavy atom. The molecule has 1 saturated heterocycles. The minimum atomic E-state index is -3.87. The van der Waals surface area contributed by atoms with Gasteiger partial charge >= 0.3 is 0 Å². The first-order valence-corrected chi connectivity index (χ1v) is 12.1. The molecule has 0 saturated carbocycles. The smallest absolute Gasteiger partial charge is 0.207 e. The van der Waals surface area contributed by atoms with Gasteiger partial charge in [0.1, 0.15) is 11.6 Å². The van der Waals surface area contributed by atoms with Crippen LogP contribution in [-0.2, 0) is 14.6 Å². The van der Waals surface area contributed by atoms with Gasteiger partial charge in [-0.2, -0.15) is 0 Å². The fourth-order valence-electron chi connectivity index (χ4n) is 3.76. The molecule has 3 heterocycles. The zero-order chi connectivity index (χ0) is 22.6. The van der Waals surface area contributed by atoms with Crippen molar-refractivity contribution >= 4 is 27.7 Å². The van der Waals surface area contributed by atoms with E-state index >= 15 is 0 Å². The average molecular weight is 454 g/mol. The lowest BCUT2D eigenvalue weighted by molar-refractivity contribution is 0.0985. The molecule has 0 aliphatic carbocycles. The molecule has 0 amide bonds. The number of sulfone groups is 1. The van der Waals surface area contributed by atoms with Gasteiger partial charge in [-0.25, -0.2) is 13.4 Å². The molecule has 1 aromatic heterocycles. The van der Waals surface area contributed by atoms with Gasteiger partial charge in [0.2, 0.25) is 9.84 Å². The summed E-state index contributed by atoms with van der Waals surface area (Å²) in [6, 6.07) is 9.91. The van der Waals surface area contributed by atoms with Gasteiger partial charge in [-0.1, -0.05) is 24.3 Å². The Bertz CT molecular complexity index is 1150. The SMILES string of the molecule is C[C@@H]1COCCN1c1cc(S(=O)(=O)c2ccccc2)c(C=N)c(NC2=CCCNC=C2)n1. The molecule has 1 atom stereocenters. The number of ether oxygens (including phenoxy) is 1. The van der Waals surface area contributed by atoms with Crippen molar-refractivity contribution < 1.29 is 13.2 Å². The number of hydrogen-bond donors (Lipinski definition) is 3. The zero-order valence-corrected chi connectivity index (χ0v) is 18.7. The fourth-order valence-corrected chi connectivity index (χ4v) is 5.23. The minimum absolute atomic E-state index is 0.0448. The van der Waals surface area contributed by atoms with Crippen LogP contribution in [0.2, 0.25) is 0 Å². The molecule has 1 fully saturated rings. The van der Waals surface area contributed by atoms with E-state index in [0.29, 0.717) is 31.4 Å². The van der Waals surface area contributed by atoms with Crippen LogP contribution >= 0.6 is 0 Å². The molecule has 1 aromatic carbocycles. The highest BCUT2D eigenvalue weighted by Crippen LogP contribution is 2.32. The Morgan fingerprint density at radius 3 is 2.88 bits per heavy atom. The molecule has 4 rings (SSSR count). The standard InChI is InChI=1S/C23H27N5O3S/c1-17-16-31-13-12-28(17)22-14-21(32(29,30)19-7-3-2-4-8-19)20(15-24)23(27-22)26-18-6-5-10-25-11-9-18/h2-4,6-9,11,14-15,17,24-25H,5,10,12-13,16H2,1H3,(H,26,27)/t17-/m1/s1. The van der Waals surface area contributed by atoms with E-state index in [4.69, 9.17) is 15.1 Å². The Labute approximate surface area is 188 Å². The zero-order valence-electron chi connectivity index (χ0n) is 17.9. The predicted molar refractivity (Wildman–Crippen MR) is 125 cm³/mol. The number of hydrogen-bond acceptors (Lipinski definition) is 8. The maximum atomic E-state index is 13.6. The summed E-state index contributed by atoms with van der Waals surface area (Å²) in [5.41, 5.74) is 1.02. The molecule has 0 bridgehead atoms. The maximum absolute atomic E-state index is 13.6. The van der Waals surface area contributed by atoms with Crippen LogP contribution in [0.1, 0.15) is 18.9 Å². The van der Waals surface area contributed by atoms with E-state index in [-0.39, 0.29) is 21.4 Å². The van der Waals surface area contributed by atoms with Crippen LogP contribution in [0.25, 0.3) is 0 Å². The van der Waals surface area contributed by atoms with Gasteiger partial charge in [-0.15, -0.1) is 0 Å². The third-order valence-electron chi connectivity index (χ3n) is 5.45. The molecule has 2 aromatic rings. The summed E-state index contributed by atoms with van der Waals surface area (Å²) in [7, 11) is -3.87. The van der Waals surface area contributed by atoms with Crippen LogP contribution in [-0.4, -0.2) is 52.0 Å². The van der Waals surface area contributed by atoms with E-state index in [0.717, 1.165) is 24.9 Å². The van der Waals surface area contributed by atoms with Crippen LogP contribution in [0.15, 0.2) is 70.2 Å². The van der Waals surface area contributed by atoms with Gasteiger partial charge in [-0.3, -0.25) is 0 Å². The summed E-state index contributed by atoms with van der Waals surface area (Å²) >= 11 is 0. The van der Waals surface area contributed by atoms with E-state index in [1.165, 1.54) is 0 Å². The summed E-state index contributed by atoms with van der Waals surface area (Å²) in [6.45, 7) is 4.52. The van der Waals surface area contributed by atoms with Crippen molar-refractivity contribution in [3.05, 3.63) is 66.0 Å². The van der Waals surface area contributed by atoms with E-state index < -0.39 is 9.84 Å². The number of morpholine rings is 1. The molecular formula is C23H27N5O3S. The molecule has 8 nitrogen and oxygen atoms in total. The van der Waals surface area contributed by atoms with Gasteiger partial charge in [0, 0.05) is 31.1 Å². The third kappa shape index (κ3) is 4.53. The second-order valence-corrected chi connectivity index (χ2v) is 9.60. The molecule has 3 N–H and O–H groups in total. The van der Waals surface area contributed by atoms with Crippen molar-refractivity contribution in [1.82, 2.24) is 10.3 Å². The number of nitrogens with one attached hydrogen (secondary N) is 3. The van der Waals surface area contributed by atoms with Crippen LogP contribution in [0, 0.1) is 5.41 Å². The molecule has 0 spiro atoms. The topological polar surface area (TPSA) is 107 Å². The highest BCUT2D eigenvalue weighted by Gasteiger charge is 2.28. The number of pyridine rings is 1. The number of nitrogens with zero attached hydrogens (tertiary/aromatic N) is 2. The summed E-state index contributed by atoms with van der Waals surface area (Å²) in [6.07, 6.45) is 7.59. The Kier molecular flexibility index (Phi) is 6.57. The number of benzene rings is 1. The van der Waals surface area contributed by atoms with Crippen molar-refractivity contribution in [3.8, 4) is 0 Å². The van der Waals surface area contributed by atoms with Crippen LogP contribution < -0.4 is 15.5 Å². The number of rotatable bonds is 6. The maximum Gasteiger partial charge on any atom is 0.207 e. The summed E-state index contributed by atoms with van der Waals surface area (Å²) in [5.74, 6) is 0.878. The summed E-state index contributed by atoms with van der Waals surface area (Å²) in [4.78, 5) is 7.04. The molecule has 32 heavy (non-hydrogen) atoms. The molecule has 0 radical (unpaired) electrons. The lowest BCUT2D eigenvalue weighted by atomic mass is 10.2. The average Bonchev–Trinajstić information content (AvgIpc) is 3.08.